The van der Waals surface area contributed by atoms with Gasteiger partial charge in [-0.2, -0.15) is 0 Å². The minimum Gasteiger partial charge on any atom is -0.493 e. The zero-order valence-corrected chi connectivity index (χ0v) is 17.5. The molecule has 2 N–H and O–H groups in total. The second-order valence-electron chi connectivity index (χ2n) is 7.65. The second kappa shape index (κ2) is 9.62. The molecule has 1 fully saturated rings. The number of fused-ring (bicyclic) bond motifs is 1. The van der Waals surface area contributed by atoms with Crippen LogP contribution in [0.4, 0.5) is 0 Å². The van der Waals surface area contributed by atoms with E-state index in [0.29, 0.717) is 25.5 Å². The lowest BCUT2D eigenvalue weighted by atomic mass is 10.0. The van der Waals surface area contributed by atoms with Crippen LogP contribution in [-0.4, -0.2) is 74.0 Å². The molecule has 3 rings (SSSR count). The monoisotopic (exact) mass is 401 g/mol. The third-order valence-electron chi connectivity index (χ3n) is 5.32. The third kappa shape index (κ3) is 5.40. The molecule has 29 heavy (non-hydrogen) atoms. The number of para-hydroxylation sites is 1. The Morgan fingerprint density at radius 3 is 2.79 bits per heavy atom. The van der Waals surface area contributed by atoms with Gasteiger partial charge in [0.1, 0.15) is 12.3 Å². The Hall–Kier alpha value is -2.77. The molecule has 8 nitrogen and oxygen atoms in total. The van der Waals surface area contributed by atoms with Crippen LogP contribution in [-0.2, 0) is 9.59 Å². The van der Waals surface area contributed by atoms with Gasteiger partial charge in [0.2, 0.25) is 11.8 Å². The molecule has 0 bridgehead atoms. The fourth-order valence-electron chi connectivity index (χ4n) is 3.60. The lowest BCUT2D eigenvalue weighted by molar-refractivity contribution is -0.130. The standard InChI is InChI=1S/C21H31N5O3/c1-4-19(27)26-11-9-15(14-26)23-21(22-13-20(28)25(2)3)24-17-10-12-29-18-8-6-5-7-16(17)18/h5-8,15,17H,4,9-14H2,1-3H3,(H2,22,23,24). The second-order valence-corrected chi connectivity index (χ2v) is 7.65. The number of rotatable bonds is 5. The molecule has 2 aliphatic rings. The predicted molar refractivity (Wildman–Crippen MR) is 112 cm³/mol. The summed E-state index contributed by atoms with van der Waals surface area (Å²) in [7, 11) is 3.44. The van der Waals surface area contributed by atoms with E-state index in [0.717, 1.165) is 30.7 Å². The number of nitrogens with one attached hydrogen (secondary N) is 2. The van der Waals surface area contributed by atoms with Crippen LogP contribution in [0.3, 0.4) is 0 Å². The minimum absolute atomic E-state index is 0.0513. The molecule has 1 aromatic rings. The van der Waals surface area contributed by atoms with E-state index in [1.54, 1.807) is 14.1 Å². The van der Waals surface area contributed by atoms with E-state index in [4.69, 9.17) is 4.74 Å². The van der Waals surface area contributed by atoms with Crippen molar-refractivity contribution in [1.82, 2.24) is 20.4 Å². The Bertz CT molecular complexity index is 764. The Morgan fingerprint density at radius 2 is 2.03 bits per heavy atom. The topological polar surface area (TPSA) is 86.3 Å². The minimum atomic E-state index is -0.0623. The quantitative estimate of drug-likeness (QED) is 0.571. The summed E-state index contributed by atoms with van der Waals surface area (Å²) in [5.41, 5.74) is 1.08. The highest BCUT2D eigenvalue weighted by atomic mass is 16.5. The molecule has 0 saturated carbocycles. The average Bonchev–Trinajstić information content (AvgIpc) is 3.19. The molecular weight excluding hydrogens is 370 g/mol. The molecule has 1 aromatic carbocycles. The molecule has 0 aliphatic carbocycles. The number of likely N-dealkylation sites (N-methyl/N-ethyl adjacent to an activating group) is 1. The molecule has 2 unspecified atom stereocenters. The number of carbonyl (C=O) groups excluding carboxylic acids is 2. The van der Waals surface area contributed by atoms with E-state index < -0.39 is 0 Å². The van der Waals surface area contributed by atoms with Crippen LogP contribution >= 0.6 is 0 Å². The van der Waals surface area contributed by atoms with Gasteiger partial charge in [-0.3, -0.25) is 9.59 Å². The summed E-state index contributed by atoms with van der Waals surface area (Å²) in [4.78, 5) is 32.0. The molecule has 0 aromatic heterocycles. The third-order valence-corrected chi connectivity index (χ3v) is 5.32. The van der Waals surface area contributed by atoms with Crippen molar-refractivity contribution in [3.8, 4) is 5.75 Å². The van der Waals surface area contributed by atoms with E-state index in [1.807, 2.05) is 36.1 Å². The van der Waals surface area contributed by atoms with Crippen LogP contribution in [0.15, 0.2) is 29.3 Å². The summed E-state index contributed by atoms with van der Waals surface area (Å²) >= 11 is 0. The first-order chi connectivity index (χ1) is 14.0. The summed E-state index contributed by atoms with van der Waals surface area (Å²) in [6.45, 7) is 3.97. The van der Waals surface area contributed by atoms with Crippen molar-refractivity contribution in [2.24, 2.45) is 4.99 Å². The predicted octanol–water partition coefficient (Wildman–Crippen LogP) is 1.14. The molecule has 1 saturated heterocycles. The van der Waals surface area contributed by atoms with Gasteiger partial charge in [0.15, 0.2) is 5.96 Å². The van der Waals surface area contributed by atoms with Crippen LogP contribution in [0.25, 0.3) is 0 Å². The average molecular weight is 402 g/mol. The van der Waals surface area contributed by atoms with Crippen LogP contribution in [0, 0.1) is 0 Å². The molecule has 2 amide bonds. The molecule has 8 heteroatoms. The van der Waals surface area contributed by atoms with Gasteiger partial charge in [-0.1, -0.05) is 25.1 Å². The van der Waals surface area contributed by atoms with Crippen LogP contribution in [0.5, 0.6) is 5.75 Å². The van der Waals surface area contributed by atoms with Gasteiger partial charge in [-0.25, -0.2) is 4.99 Å². The van der Waals surface area contributed by atoms with Gasteiger partial charge in [0.05, 0.1) is 12.6 Å². The fourth-order valence-corrected chi connectivity index (χ4v) is 3.60. The van der Waals surface area contributed by atoms with Gasteiger partial charge < -0.3 is 25.2 Å². The number of aliphatic imine (C=N–C) groups is 1. The zero-order valence-electron chi connectivity index (χ0n) is 17.5. The number of amides is 2. The first kappa shape index (κ1) is 21.0. The molecule has 2 atom stereocenters. The molecular formula is C21H31N5O3. The van der Waals surface area contributed by atoms with Crippen LogP contribution in [0.2, 0.25) is 0 Å². The number of hydrogen-bond donors (Lipinski definition) is 2. The van der Waals surface area contributed by atoms with Crippen molar-refractivity contribution in [3.63, 3.8) is 0 Å². The fraction of sp³-hybridized carbons (Fsp3) is 0.571. The first-order valence-electron chi connectivity index (χ1n) is 10.2. The number of hydrogen-bond acceptors (Lipinski definition) is 4. The molecule has 2 heterocycles. The highest BCUT2D eigenvalue weighted by molar-refractivity contribution is 5.85. The number of nitrogens with zero attached hydrogens (tertiary/aromatic N) is 3. The zero-order chi connectivity index (χ0) is 20.8. The van der Waals surface area contributed by atoms with Crippen LogP contribution in [0.1, 0.15) is 37.8 Å². The van der Waals surface area contributed by atoms with Gasteiger partial charge in [-0.15, -0.1) is 0 Å². The smallest absolute Gasteiger partial charge is 0.243 e. The molecule has 0 radical (unpaired) electrons. The molecule has 0 spiro atoms. The van der Waals surface area contributed by atoms with E-state index >= 15 is 0 Å². The number of likely N-dealkylation sites (tertiary alicyclic amines) is 1. The summed E-state index contributed by atoms with van der Waals surface area (Å²) < 4.78 is 5.75. The van der Waals surface area contributed by atoms with E-state index in [-0.39, 0.29) is 30.4 Å². The lowest BCUT2D eigenvalue weighted by Gasteiger charge is -2.29. The van der Waals surface area contributed by atoms with Crippen molar-refractivity contribution in [2.75, 3.05) is 40.3 Å². The number of guanidine groups is 1. The van der Waals surface area contributed by atoms with Gasteiger partial charge in [0.25, 0.3) is 0 Å². The maximum atomic E-state index is 12.0. The van der Waals surface area contributed by atoms with Crippen molar-refractivity contribution < 1.29 is 14.3 Å². The van der Waals surface area contributed by atoms with Gasteiger partial charge in [-0.05, 0) is 12.5 Å². The SMILES string of the molecule is CCC(=O)N1CCC(NC(=NCC(=O)N(C)C)NC2CCOc3ccccc32)C1. The van der Waals surface area contributed by atoms with Crippen molar-refractivity contribution in [3.05, 3.63) is 29.8 Å². The van der Waals surface area contributed by atoms with Crippen molar-refractivity contribution >= 4 is 17.8 Å². The highest BCUT2D eigenvalue weighted by Gasteiger charge is 2.28. The Labute approximate surface area is 172 Å². The van der Waals surface area contributed by atoms with E-state index in [9.17, 15) is 9.59 Å². The van der Waals surface area contributed by atoms with E-state index in [1.165, 1.54) is 4.90 Å². The normalized spacial score (nSPS) is 21.2. The summed E-state index contributed by atoms with van der Waals surface area (Å²) in [5, 5.41) is 6.91. The Kier molecular flexibility index (Phi) is 6.95. The maximum Gasteiger partial charge on any atom is 0.243 e. The highest BCUT2D eigenvalue weighted by Crippen LogP contribution is 2.31. The maximum absolute atomic E-state index is 12.0. The lowest BCUT2D eigenvalue weighted by Crippen LogP contribution is -2.47. The van der Waals surface area contributed by atoms with Gasteiger partial charge >= 0.3 is 0 Å². The van der Waals surface area contributed by atoms with E-state index in [2.05, 4.69) is 15.6 Å². The summed E-state index contributed by atoms with van der Waals surface area (Å²) in [6, 6.07) is 8.13. The van der Waals surface area contributed by atoms with Gasteiger partial charge in [0, 0.05) is 51.6 Å². The number of carbonyl (C=O) groups is 2. The summed E-state index contributed by atoms with van der Waals surface area (Å²) in [5.74, 6) is 1.58. The van der Waals surface area contributed by atoms with Crippen molar-refractivity contribution in [1.29, 1.82) is 0 Å². The number of ether oxygens (including phenoxy) is 1. The Balaban J connectivity index is 1.71. The molecule has 158 valence electrons. The van der Waals surface area contributed by atoms with Crippen LogP contribution < -0.4 is 15.4 Å². The largest absolute Gasteiger partial charge is 0.493 e. The summed E-state index contributed by atoms with van der Waals surface area (Å²) in [6.07, 6.45) is 2.19. The Morgan fingerprint density at radius 1 is 1.24 bits per heavy atom. The number of benzene rings is 1. The molecule has 2 aliphatic heterocycles. The van der Waals surface area contributed by atoms with Crippen molar-refractivity contribution in [2.45, 2.75) is 38.3 Å². The first-order valence-corrected chi connectivity index (χ1v) is 10.2.